The molecule has 176 valence electrons. The number of hydrogen-bond acceptors (Lipinski definition) is 8. The Morgan fingerprint density at radius 2 is 2.06 bits per heavy atom. The molecule has 0 aliphatic carbocycles. The summed E-state index contributed by atoms with van der Waals surface area (Å²) in [7, 11) is 5.23. The van der Waals surface area contributed by atoms with E-state index in [0.29, 0.717) is 21.1 Å². The van der Waals surface area contributed by atoms with E-state index >= 15 is 0 Å². The Morgan fingerprint density at radius 3 is 2.79 bits per heavy atom. The van der Waals surface area contributed by atoms with Crippen molar-refractivity contribution >= 4 is 50.0 Å². The number of halogens is 1. The topological polar surface area (TPSA) is 88.4 Å². The summed E-state index contributed by atoms with van der Waals surface area (Å²) >= 11 is 1.22. The molecule has 3 aromatic heterocycles. The van der Waals surface area contributed by atoms with Crippen LogP contribution in [0.15, 0.2) is 24.4 Å². The minimum Gasteiger partial charge on any atom is -0.491 e. The quantitative estimate of drug-likeness (QED) is 0.479. The van der Waals surface area contributed by atoms with Crippen LogP contribution in [-0.4, -0.2) is 70.9 Å². The molecule has 0 bridgehead atoms. The van der Waals surface area contributed by atoms with Crippen LogP contribution in [0.3, 0.4) is 0 Å². The van der Waals surface area contributed by atoms with Gasteiger partial charge in [-0.05, 0) is 38.2 Å². The second kappa shape index (κ2) is 7.60. The smallest absolute Gasteiger partial charge is 0.284 e. The lowest BCUT2D eigenvalue weighted by molar-refractivity contribution is 0.102. The van der Waals surface area contributed by atoms with Crippen LogP contribution in [0.25, 0.3) is 21.3 Å². The van der Waals surface area contributed by atoms with Gasteiger partial charge in [-0.25, -0.2) is 14.4 Å². The summed E-state index contributed by atoms with van der Waals surface area (Å²) < 4.78 is 21.6. The number of nitrogens with zero attached hydrogens (tertiary/aromatic N) is 6. The summed E-state index contributed by atoms with van der Waals surface area (Å²) in [5, 5.41) is 7.67. The van der Waals surface area contributed by atoms with Crippen LogP contribution in [0.4, 0.5) is 15.9 Å². The van der Waals surface area contributed by atoms with Crippen LogP contribution in [0.2, 0.25) is 0 Å². The molecule has 1 N–H and O–H groups in total. The van der Waals surface area contributed by atoms with Gasteiger partial charge in [0.1, 0.15) is 21.7 Å². The number of aromatic nitrogens is 4. The van der Waals surface area contributed by atoms with E-state index in [1.165, 1.54) is 29.5 Å². The van der Waals surface area contributed by atoms with E-state index < -0.39 is 11.7 Å². The van der Waals surface area contributed by atoms with Gasteiger partial charge in [-0.3, -0.25) is 9.48 Å². The summed E-state index contributed by atoms with van der Waals surface area (Å²) in [4.78, 5) is 27.6. The van der Waals surface area contributed by atoms with Gasteiger partial charge < -0.3 is 19.9 Å². The SMILES string of the molecule is COc1c(NC(=O)c2nc3ccc(N4CC5(CCN(C)C5)C4)nc3s2)cc2cn(C)nc2c1F. The molecule has 4 aromatic rings. The van der Waals surface area contributed by atoms with Gasteiger partial charge in [0.25, 0.3) is 5.91 Å². The van der Waals surface area contributed by atoms with Gasteiger partial charge in [-0.1, -0.05) is 11.3 Å². The van der Waals surface area contributed by atoms with Crippen LogP contribution < -0.4 is 15.0 Å². The van der Waals surface area contributed by atoms with Crippen LogP contribution >= 0.6 is 11.3 Å². The monoisotopic (exact) mass is 481 g/mol. The molecule has 2 aliphatic rings. The van der Waals surface area contributed by atoms with Gasteiger partial charge in [0.2, 0.25) is 0 Å². The first kappa shape index (κ1) is 21.2. The van der Waals surface area contributed by atoms with Gasteiger partial charge in [-0.15, -0.1) is 0 Å². The summed E-state index contributed by atoms with van der Waals surface area (Å²) in [5.41, 5.74) is 1.46. The Balaban J connectivity index is 1.24. The zero-order valence-corrected chi connectivity index (χ0v) is 19.9. The second-order valence-corrected chi connectivity index (χ2v) is 10.3. The lowest BCUT2D eigenvalue weighted by Crippen LogP contribution is -2.57. The number of anilines is 2. The zero-order valence-electron chi connectivity index (χ0n) is 19.1. The molecule has 1 aromatic carbocycles. The first-order valence-corrected chi connectivity index (χ1v) is 11.9. The first-order chi connectivity index (χ1) is 16.3. The average molecular weight is 482 g/mol. The molecular weight excluding hydrogens is 457 g/mol. The minimum absolute atomic E-state index is 0.0645. The largest absolute Gasteiger partial charge is 0.491 e. The molecule has 1 spiro atoms. The van der Waals surface area contributed by atoms with Crippen molar-refractivity contribution in [3.8, 4) is 5.75 Å². The van der Waals surface area contributed by atoms with Crippen LogP contribution in [-0.2, 0) is 7.05 Å². The molecule has 2 saturated heterocycles. The van der Waals surface area contributed by atoms with Crippen molar-refractivity contribution in [3.05, 3.63) is 35.2 Å². The van der Waals surface area contributed by atoms with Crippen molar-refractivity contribution in [2.24, 2.45) is 12.5 Å². The third-order valence-electron chi connectivity index (χ3n) is 6.70. The van der Waals surface area contributed by atoms with Gasteiger partial charge in [0.05, 0.1) is 12.8 Å². The molecule has 0 radical (unpaired) electrons. The van der Waals surface area contributed by atoms with E-state index in [0.717, 1.165) is 32.0 Å². The maximum absolute atomic E-state index is 14.9. The summed E-state index contributed by atoms with van der Waals surface area (Å²) in [5.74, 6) is -0.214. The second-order valence-electron chi connectivity index (χ2n) is 9.32. The molecule has 0 saturated carbocycles. The highest BCUT2D eigenvalue weighted by Gasteiger charge is 2.47. The highest BCUT2D eigenvalue weighted by atomic mass is 32.1. The summed E-state index contributed by atoms with van der Waals surface area (Å²) in [6.07, 6.45) is 2.90. The first-order valence-electron chi connectivity index (χ1n) is 11.1. The molecule has 11 heteroatoms. The molecule has 34 heavy (non-hydrogen) atoms. The Bertz CT molecular complexity index is 1440. The highest BCUT2D eigenvalue weighted by Crippen LogP contribution is 2.41. The van der Waals surface area contributed by atoms with E-state index in [9.17, 15) is 9.18 Å². The average Bonchev–Trinajstić information content (AvgIpc) is 3.48. The maximum Gasteiger partial charge on any atom is 0.284 e. The number of nitrogens with one attached hydrogen (secondary N) is 1. The third kappa shape index (κ3) is 3.38. The van der Waals surface area contributed by atoms with E-state index in [4.69, 9.17) is 9.72 Å². The molecule has 2 aliphatic heterocycles. The van der Waals surface area contributed by atoms with E-state index in [1.807, 2.05) is 12.1 Å². The highest BCUT2D eigenvalue weighted by molar-refractivity contribution is 7.20. The lowest BCUT2D eigenvalue weighted by Gasteiger charge is -2.48. The third-order valence-corrected chi connectivity index (χ3v) is 7.67. The number of fused-ring (bicyclic) bond motifs is 2. The zero-order chi connectivity index (χ0) is 23.6. The molecule has 2 fully saturated rings. The van der Waals surface area contributed by atoms with E-state index in [1.54, 1.807) is 19.3 Å². The fraction of sp³-hybridized carbons (Fsp3) is 0.391. The summed E-state index contributed by atoms with van der Waals surface area (Å²) in [6, 6.07) is 5.51. The predicted molar refractivity (Wildman–Crippen MR) is 129 cm³/mol. The van der Waals surface area contributed by atoms with Crippen LogP contribution in [0.5, 0.6) is 5.75 Å². The fourth-order valence-electron chi connectivity index (χ4n) is 5.12. The maximum atomic E-state index is 14.9. The number of rotatable bonds is 4. The number of carbonyl (C=O) groups excluding carboxylic acids is 1. The Labute approximate surface area is 199 Å². The number of carbonyl (C=O) groups is 1. The molecule has 0 unspecified atom stereocenters. The number of likely N-dealkylation sites (tertiary alicyclic amines) is 1. The van der Waals surface area contributed by atoms with Crippen molar-refractivity contribution in [1.82, 2.24) is 24.6 Å². The van der Waals surface area contributed by atoms with E-state index in [-0.39, 0.29) is 22.0 Å². The Hall–Kier alpha value is -3.31. The van der Waals surface area contributed by atoms with Crippen molar-refractivity contribution in [3.63, 3.8) is 0 Å². The lowest BCUT2D eigenvalue weighted by atomic mass is 9.79. The number of aryl methyl sites for hydroxylation is 1. The van der Waals surface area contributed by atoms with Crippen molar-refractivity contribution in [2.45, 2.75) is 6.42 Å². The minimum atomic E-state index is -0.618. The van der Waals surface area contributed by atoms with Gasteiger partial charge in [-0.2, -0.15) is 5.10 Å². The predicted octanol–water partition coefficient (Wildman–Crippen LogP) is 3.12. The number of amides is 1. The Kier molecular flexibility index (Phi) is 4.75. The van der Waals surface area contributed by atoms with Crippen LogP contribution in [0.1, 0.15) is 16.2 Å². The summed E-state index contributed by atoms with van der Waals surface area (Å²) in [6.45, 7) is 4.29. The number of thiazole rings is 1. The van der Waals surface area contributed by atoms with Gasteiger partial charge in [0, 0.05) is 43.7 Å². The molecule has 9 nitrogen and oxygen atoms in total. The molecule has 6 rings (SSSR count). The van der Waals surface area contributed by atoms with Crippen molar-refractivity contribution < 1.29 is 13.9 Å². The molecule has 0 atom stereocenters. The number of pyridine rings is 1. The molecular formula is C23H24FN7O2S. The molecule has 5 heterocycles. The normalized spacial score (nSPS) is 17.6. The number of ether oxygens (including phenoxy) is 1. The van der Waals surface area contributed by atoms with Gasteiger partial charge >= 0.3 is 0 Å². The van der Waals surface area contributed by atoms with E-state index in [2.05, 4.69) is 32.2 Å². The fourth-order valence-corrected chi connectivity index (χ4v) is 5.95. The number of benzene rings is 1. The standard InChI is InChI=1S/C23H24FN7O2S/c1-29-7-6-23(10-29)11-31(12-23)16-5-4-14-21(27-16)34-22(26-14)20(32)25-15-8-13-9-30(2)28-18(13)17(24)19(15)33-3/h4-5,8-9H,6-7,10-12H2,1-3H3,(H,25,32). The van der Waals surface area contributed by atoms with Crippen molar-refractivity contribution in [1.29, 1.82) is 0 Å². The number of methoxy groups -OCH3 is 1. The van der Waals surface area contributed by atoms with Gasteiger partial charge in [0.15, 0.2) is 16.6 Å². The molecule has 1 amide bonds. The number of hydrogen-bond donors (Lipinski definition) is 1. The van der Waals surface area contributed by atoms with Crippen molar-refractivity contribution in [2.75, 3.05) is 50.6 Å². The Morgan fingerprint density at radius 1 is 1.24 bits per heavy atom. The van der Waals surface area contributed by atoms with Crippen LogP contribution in [0, 0.1) is 11.2 Å².